The first-order chi connectivity index (χ1) is 7.06. The Hall–Kier alpha value is -0.460. The quantitative estimate of drug-likeness (QED) is 0.543. The van der Waals surface area contributed by atoms with Gasteiger partial charge in [-0.3, -0.25) is 9.00 Å². The number of carbonyl (C=O) groups excluding carboxylic acids is 1. The zero-order chi connectivity index (χ0) is 11.4. The largest absolute Gasteiger partial charge is 0.760 e. The van der Waals surface area contributed by atoms with Crippen molar-refractivity contribution in [2.75, 3.05) is 0 Å². The molecular weight excluding hydrogens is 216 g/mol. The lowest BCUT2D eigenvalue weighted by Crippen LogP contribution is -2.40. The van der Waals surface area contributed by atoms with E-state index in [1.165, 1.54) is 4.31 Å². The minimum atomic E-state index is -2.15. The highest BCUT2D eigenvalue weighted by atomic mass is 32.2. The lowest BCUT2D eigenvalue weighted by molar-refractivity contribution is -0.110. The minimum Gasteiger partial charge on any atom is -0.760 e. The second kappa shape index (κ2) is 5.58. The second-order valence-corrected chi connectivity index (χ2v) is 4.93. The number of rotatable bonds is 5. The van der Waals surface area contributed by atoms with Crippen LogP contribution in [0.1, 0.15) is 33.1 Å². The van der Waals surface area contributed by atoms with Crippen LogP contribution in [0.4, 0.5) is 0 Å². The van der Waals surface area contributed by atoms with E-state index in [1.54, 1.807) is 0 Å². The molecule has 3 unspecified atom stereocenters. The molecule has 88 valence electrons. The van der Waals surface area contributed by atoms with Crippen LogP contribution in [0.5, 0.6) is 0 Å². The zero-order valence-electron chi connectivity index (χ0n) is 9.01. The lowest BCUT2D eigenvalue weighted by Gasteiger charge is -2.31. The van der Waals surface area contributed by atoms with Crippen molar-refractivity contribution < 1.29 is 13.6 Å². The van der Waals surface area contributed by atoms with Gasteiger partial charge in [0.05, 0.1) is 0 Å². The van der Waals surface area contributed by atoms with Gasteiger partial charge < -0.3 is 9.87 Å². The van der Waals surface area contributed by atoms with Gasteiger partial charge >= 0.3 is 0 Å². The van der Waals surface area contributed by atoms with Crippen LogP contribution in [0.25, 0.3) is 0 Å². The number of nitrogens with one attached hydrogen (secondary N) is 1. The summed E-state index contributed by atoms with van der Waals surface area (Å²) >= 11 is -2.15. The Bertz CT molecular complexity index is 250. The smallest absolute Gasteiger partial charge is 0.207 e. The monoisotopic (exact) mass is 233 g/mol. The van der Waals surface area contributed by atoms with E-state index in [-0.39, 0.29) is 18.1 Å². The molecule has 6 heteroatoms. The number of hydrogen-bond acceptors (Lipinski definition) is 3. The Morgan fingerprint density at radius 2 is 2.33 bits per heavy atom. The molecular formula is C9H17N2O3S-. The summed E-state index contributed by atoms with van der Waals surface area (Å²) in [6.07, 6.45) is 3.10. The van der Waals surface area contributed by atoms with Crippen LogP contribution >= 0.6 is 0 Å². The summed E-state index contributed by atoms with van der Waals surface area (Å²) in [5, 5.41) is 2.64. The minimum absolute atomic E-state index is 0.0175. The van der Waals surface area contributed by atoms with Crippen LogP contribution in [0.2, 0.25) is 0 Å². The first-order valence-corrected chi connectivity index (χ1v) is 6.16. The molecule has 0 aliphatic carbocycles. The molecule has 0 spiro atoms. The van der Waals surface area contributed by atoms with E-state index >= 15 is 0 Å². The van der Waals surface area contributed by atoms with Gasteiger partial charge in [0.25, 0.3) is 0 Å². The molecule has 0 saturated carbocycles. The topological polar surface area (TPSA) is 72.5 Å². The fourth-order valence-corrected chi connectivity index (χ4v) is 2.96. The van der Waals surface area contributed by atoms with Crippen molar-refractivity contribution in [3.05, 3.63) is 0 Å². The van der Waals surface area contributed by atoms with Crippen LogP contribution in [0.3, 0.4) is 0 Å². The standard InChI is InChI=1S/C9H18N2O3S/c1-7(10-6-12)5-9-4-3-8(2)11(9)15(13)14/h6-9H,3-5H2,1-2H3,(H,10,12)(H,13,14)/p-1/t7-,8?,9?/m0/s1. The van der Waals surface area contributed by atoms with E-state index < -0.39 is 11.3 Å². The van der Waals surface area contributed by atoms with Gasteiger partial charge in [0.2, 0.25) is 6.41 Å². The Balaban J connectivity index is 2.53. The van der Waals surface area contributed by atoms with Crippen molar-refractivity contribution in [1.82, 2.24) is 9.62 Å². The molecule has 4 atom stereocenters. The third kappa shape index (κ3) is 3.25. The maximum Gasteiger partial charge on any atom is 0.207 e. The molecule has 1 heterocycles. The molecule has 1 saturated heterocycles. The van der Waals surface area contributed by atoms with Gasteiger partial charge in [-0.25, -0.2) is 4.31 Å². The van der Waals surface area contributed by atoms with E-state index in [0.29, 0.717) is 12.8 Å². The molecule has 15 heavy (non-hydrogen) atoms. The van der Waals surface area contributed by atoms with Gasteiger partial charge in [0.1, 0.15) is 0 Å². The summed E-state index contributed by atoms with van der Waals surface area (Å²) in [4.78, 5) is 10.2. The molecule has 1 rings (SSSR count). The molecule has 1 aliphatic rings. The van der Waals surface area contributed by atoms with Crippen LogP contribution in [0.15, 0.2) is 0 Å². The molecule has 0 aromatic carbocycles. The van der Waals surface area contributed by atoms with Gasteiger partial charge in [-0.05, 0) is 33.1 Å². The maximum absolute atomic E-state index is 11.0. The second-order valence-electron chi connectivity index (χ2n) is 4.08. The number of nitrogens with zero attached hydrogens (tertiary/aromatic N) is 1. The fraction of sp³-hybridized carbons (Fsp3) is 0.889. The Morgan fingerprint density at radius 3 is 2.87 bits per heavy atom. The van der Waals surface area contributed by atoms with E-state index in [9.17, 15) is 13.6 Å². The third-order valence-electron chi connectivity index (χ3n) is 2.86. The van der Waals surface area contributed by atoms with Crippen LogP contribution < -0.4 is 5.32 Å². The van der Waals surface area contributed by atoms with E-state index in [4.69, 9.17) is 0 Å². The van der Waals surface area contributed by atoms with Crippen LogP contribution in [0, 0.1) is 0 Å². The van der Waals surface area contributed by atoms with E-state index in [0.717, 1.165) is 12.8 Å². The maximum atomic E-state index is 11.0. The molecule has 1 amide bonds. The summed E-state index contributed by atoms with van der Waals surface area (Å²) < 4.78 is 23.5. The zero-order valence-corrected chi connectivity index (χ0v) is 9.83. The highest BCUT2D eigenvalue weighted by molar-refractivity contribution is 7.76. The van der Waals surface area contributed by atoms with Crippen LogP contribution in [-0.4, -0.2) is 37.6 Å². The number of carbonyl (C=O) groups is 1. The van der Waals surface area contributed by atoms with Gasteiger partial charge in [-0.1, -0.05) is 0 Å². The van der Waals surface area contributed by atoms with Gasteiger partial charge in [0.15, 0.2) is 0 Å². The van der Waals surface area contributed by atoms with Crippen molar-refractivity contribution in [3.8, 4) is 0 Å². The number of amides is 1. The molecule has 0 bridgehead atoms. The first-order valence-electron chi connectivity index (χ1n) is 5.13. The molecule has 1 aliphatic heterocycles. The van der Waals surface area contributed by atoms with E-state index in [1.807, 2.05) is 13.8 Å². The SMILES string of the molecule is CC1CCC(C[C@H](C)NC=O)N1S(=O)[O-]. The normalized spacial score (nSPS) is 31.1. The predicted octanol–water partition coefficient (Wildman–Crippen LogP) is 0.158. The summed E-state index contributed by atoms with van der Waals surface area (Å²) in [7, 11) is 0. The summed E-state index contributed by atoms with van der Waals surface area (Å²) in [6, 6.07) is 0.126. The summed E-state index contributed by atoms with van der Waals surface area (Å²) in [6.45, 7) is 3.79. The molecule has 1 fully saturated rings. The van der Waals surface area contributed by atoms with Gasteiger partial charge in [0, 0.05) is 29.4 Å². The highest BCUT2D eigenvalue weighted by Crippen LogP contribution is 2.27. The summed E-state index contributed by atoms with van der Waals surface area (Å²) in [5.41, 5.74) is 0. The summed E-state index contributed by atoms with van der Waals surface area (Å²) in [5.74, 6) is 0. The average Bonchev–Trinajstić information content (AvgIpc) is 2.47. The van der Waals surface area contributed by atoms with Crippen molar-refractivity contribution in [2.45, 2.75) is 51.2 Å². The van der Waals surface area contributed by atoms with Crippen molar-refractivity contribution >= 4 is 17.7 Å². The molecule has 5 nitrogen and oxygen atoms in total. The lowest BCUT2D eigenvalue weighted by atomic mass is 10.1. The molecule has 0 aromatic rings. The fourth-order valence-electron chi connectivity index (χ4n) is 2.13. The van der Waals surface area contributed by atoms with Crippen LogP contribution in [-0.2, 0) is 16.1 Å². The van der Waals surface area contributed by atoms with Crippen molar-refractivity contribution in [2.24, 2.45) is 0 Å². The van der Waals surface area contributed by atoms with E-state index in [2.05, 4.69) is 5.32 Å². The van der Waals surface area contributed by atoms with Crippen molar-refractivity contribution in [1.29, 1.82) is 0 Å². The number of hydrogen-bond donors (Lipinski definition) is 1. The Kier molecular flexibility index (Phi) is 4.69. The first kappa shape index (κ1) is 12.6. The molecule has 1 N–H and O–H groups in total. The predicted molar refractivity (Wildman–Crippen MR) is 56.5 cm³/mol. The highest BCUT2D eigenvalue weighted by Gasteiger charge is 2.32. The average molecular weight is 233 g/mol. The molecule has 0 aromatic heterocycles. The third-order valence-corrected chi connectivity index (χ3v) is 3.86. The van der Waals surface area contributed by atoms with Gasteiger partial charge in [-0.2, -0.15) is 0 Å². The Labute approximate surface area is 92.6 Å². The molecule has 0 radical (unpaired) electrons. The van der Waals surface area contributed by atoms with Gasteiger partial charge in [-0.15, -0.1) is 0 Å². The van der Waals surface area contributed by atoms with Crippen molar-refractivity contribution in [3.63, 3.8) is 0 Å². The Morgan fingerprint density at radius 1 is 1.67 bits per heavy atom.